The van der Waals surface area contributed by atoms with E-state index in [0.29, 0.717) is 16.6 Å². The van der Waals surface area contributed by atoms with Crippen LogP contribution in [0.3, 0.4) is 0 Å². The number of rotatable bonds is 4. The monoisotopic (exact) mass is 428 g/mol. The lowest BCUT2D eigenvalue weighted by molar-refractivity contribution is -0.116. The number of hydrazone groups is 1. The molecule has 2 heterocycles. The van der Waals surface area contributed by atoms with Crippen LogP contribution in [0.5, 0.6) is 5.75 Å². The summed E-state index contributed by atoms with van der Waals surface area (Å²) in [4.78, 5) is 18.1. The Labute approximate surface area is 184 Å². The molecule has 31 heavy (non-hydrogen) atoms. The first kappa shape index (κ1) is 19.4. The number of thioether (sulfide) groups is 1. The SMILES string of the molecule is COc1cccc(C2N=c3ccccc3=C3C(=O)NC(SCc4ccccc4)=NN32)c1. The number of methoxy groups -OCH3 is 1. The van der Waals surface area contributed by atoms with Gasteiger partial charge >= 0.3 is 0 Å². The average Bonchev–Trinajstić information content (AvgIpc) is 2.82. The van der Waals surface area contributed by atoms with E-state index in [1.165, 1.54) is 11.8 Å². The largest absolute Gasteiger partial charge is 0.497 e. The van der Waals surface area contributed by atoms with Crippen LogP contribution in [0, 0.1) is 0 Å². The summed E-state index contributed by atoms with van der Waals surface area (Å²) in [5, 5.41) is 11.6. The summed E-state index contributed by atoms with van der Waals surface area (Å²) in [6.07, 6.45) is -0.460. The Morgan fingerprint density at radius 1 is 1.03 bits per heavy atom. The predicted octanol–water partition coefficient (Wildman–Crippen LogP) is 2.77. The van der Waals surface area contributed by atoms with Crippen LogP contribution in [-0.4, -0.2) is 23.2 Å². The predicted molar refractivity (Wildman–Crippen MR) is 122 cm³/mol. The molecule has 1 unspecified atom stereocenters. The first-order chi connectivity index (χ1) is 15.2. The lowest BCUT2D eigenvalue weighted by atomic mass is 10.1. The molecule has 0 saturated carbocycles. The maximum atomic E-state index is 13.2. The normalized spacial score (nSPS) is 17.1. The lowest BCUT2D eigenvalue weighted by Crippen LogP contribution is -2.50. The second-order valence-corrected chi connectivity index (χ2v) is 8.09. The van der Waals surface area contributed by atoms with E-state index in [2.05, 4.69) is 17.4 Å². The fourth-order valence-electron chi connectivity index (χ4n) is 3.64. The first-order valence-electron chi connectivity index (χ1n) is 9.90. The number of carbonyl (C=O) groups is 1. The third kappa shape index (κ3) is 3.80. The van der Waals surface area contributed by atoms with Gasteiger partial charge in [-0.25, -0.2) is 5.01 Å². The molecule has 2 aliphatic heterocycles. The Hall–Kier alpha value is -3.58. The quantitative estimate of drug-likeness (QED) is 0.694. The molecule has 0 radical (unpaired) electrons. The summed E-state index contributed by atoms with van der Waals surface area (Å²) >= 11 is 1.49. The van der Waals surface area contributed by atoms with Crippen molar-refractivity contribution in [3.63, 3.8) is 0 Å². The van der Waals surface area contributed by atoms with E-state index in [9.17, 15) is 4.79 Å². The average molecular weight is 429 g/mol. The lowest BCUT2D eigenvalue weighted by Gasteiger charge is -2.34. The maximum absolute atomic E-state index is 13.2. The van der Waals surface area contributed by atoms with Gasteiger partial charge in [-0.15, -0.1) is 5.10 Å². The van der Waals surface area contributed by atoms with Gasteiger partial charge in [-0.2, -0.15) is 0 Å². The van der Waals surface area contributed by atoms with Gasteiger partial charge in [-0.05, 0) is 23.8 Å². The number of hydrogen-bond donors (Lipinski definition) is 1. The van der Waals surface area contributed by atoms with Crippen molar-refractivity contribution in [2.75, 3.05) is 7.11 Å². The number of nitrogens with zero attached hydrogens (tertiary/aromatic N) is 3. The van der Waals surface area contributed by atoms with Crippen molar-refractivity contribution >= 4 is 28.5 Å². The van der Waals surface area contributed by atoms with Crippen LogP contribution < -0.4 is 20.6 Å². The second kappa shape index (κ2) is 8.28. The highest BCUT2D eigenvalue weighted by Gasteiger charge is 2.34. The number of para-hydroxylation sites is 1. The van der Waals surface area contributed by atoms with Gasteiger partial charge < -0.3 is 4.74 Å². The maximum Gasteiger partial charge on any atom is 0.276 e. The van der Waals surface area contributed by atoms with E-state index in [4.69, 9.17) is 14.8 Å². The first-order valence-corrected chi connectivity index (χ1v) is 10.9. The molecule has 0 aliphatic carbocycles. The standard InChI is InChI=1S/C24H20N4O2S/c1-30-18-11-7-10-17(14-18)22-25-20-13-6-5-12-19(20)21-23(29)26-24(27-28(21)22)31-15-16-8-3-2-4-9-16/h2-14,22H,15H2,1H3,(H,26,27,29). The summed E-state index contributed by atoms with van der Waals surface area (Å²) in [6, 6.07) is 25.5. The molecule has 0 aromatic heterocycles. The summed E-state index contributed by atoms with van der Waals surface area (Å²) in [5.74, 6) is 1.26. The molecule has 154 valence electrons. The fourth-order valence-corrected chi connectivity index (χ4v) is 4.44. The molecular formula is C24H20N4O2S. The van der Waals surface area contributed by atoms with Crippen LogP contribution in [-0.2, 0) is 10.5 Å². The minimum absolute atomic E-state index is 0.180. The van der Waals surface area contributed by atoms with Gasteiger partial charge in [0.2, 0.25) is 0 Å². The van der Waals surface area contributed by atoms with Gasteiger partial charge in [0.15, 0.2) is 11.3 Å². The van der Waals surface area contributed by atoms with E-state index in [1.54, 1.807) is 12.1 Å². The van der Waals surface area contributed by atoms with Gasteiger partial charge in [-0.1, -0.05) is 72.4 Å². The summed E-state index contributed by atoms with van der Waals surface area (Å²) in [7, 11) is 1.63. The zero-order valence-corrected chi connectivity index (χ0v) is 17.7. The number of nitrogens with one attached hydrogen (secondary N) is 1. The highest BCUT2D eigenvalue weighted by Crippen LogP contribution is 2.32. The van der Waals surface area contributed by atoms with Gasteiger partial charge in [0.05, 0.1) is 12.5 Å². The van der Waals surface area contributed by atoms with E-state index < -0.39 is 6.17 Å². The van der Waals surface area contributed by atoms with Crippen LogP contribution >= 0.6 is 11.8 Å². The highest BCUT2D eigenvalue weighted by molar-refractivity contribution is 8.13. The molecule has 1 N–H and O–H groups in total. The van der Waals surface area contributed by atoms with Crippen molar-refractivity contribution in [1.29, 1.82) is 0 Å². The molecule has 0 spiro atoms. The number of ether oxygens (including phenoxy) is 1. The van der Waals surface area contributed by atoms with Gasteiger partial charge in [0.1, 0.15) is 11.4 Å². The molecule has 0 bridgehead atoms. The van der Waals surface area contributed by atoms with Gasteiger partial charge in [0, 0.05) is 16.5 Å². The number of benzene rings is 3. The van der Waals surface area contributed by atoms with Crippen molar-refractivity contribution in [3.8, 4) is 5.75 Å². The molecular weight excluding hydrogens is 408 g/mol. The Morgan fingerprint density at radius 2 is 1.84 bits per heavy atom. The number of carbonyl (C=O) groups excluding carboxylic acids is 1. The Kier molecular flexibility index (Phi) is 5.18. The summed E-state index contributed by atoms with van der Waals surface area (Å²) in [5.41, 5.74) is 2.57. The minimum Gasteiger partial charge on any atom is -0.497 e. The molecule has 2 aliphatic rings. The van der Waals surface area contributed by atoms with E-state index >= 15 is 0 Å². The van der Waals surface area contributed by atoms with Crippen LogP contribution in [0.2, 0.25) is 0 Å². The molecule has 1 atom stereocenters. The van der Waals surface area contributed by atoms with Crippen LogP contribution in [0.15, 0.2) is 89.0 Å². The second-order valence-electron chi connectivity index (χ2n) is 7.12. The smallest absolute Gasteiger partial charge is 0.276 e. The van der Waals surface area contributed by atoms with Gasteiger partial charge in [0.25, 0.3) is 5.91 Å². The number of fused-ring (bicyclic) bond motifs is 2. The van der Waals surface area contributed by atoms with Gasteiger partial charge in [-0.3, -0.25) is 15.1 Å². The van der Waals surface area contributed by atoms with Crippen molar-refractivity contribution in [1.82, 2.24) is 10.3 Å². The van der Waals surface area contributed by atoms with Crippen molar-refractivity contribution < 1.29 is 9.53 Å². The topological polar surface area (TPSA) is 66.3 Å². The van der Waals surface area contributed by atoms with Crippen LogP contribution in [0.25, 0.3) is 5.70 Å². The number of amides is 1. The summed E-state index contributed by atoms with van der Waals surface area (Å²) < 4.78 is 5.39. The molecule has 5 rings (SSSR count). The van der Waals surface area contributed by atoms with E-state index in [1.807, 2.05) is 66.7 Å². The van der Waals surface area contributed by atoms with Crippen molar-refractivity contribution in [2.24, 2.45) is 10.1 Å². The minimum atomic E-state index is -0.460. The third-order valence-electron chi connectivity index (χ3n) is 5.13. The van der Waals surface area contributed by atoms with E-state index in [-0.39, 0.29) is 5.91 Å². The molecule has 7 heteroatoms. The molecule has 6 nitrogen and oxygen atoms in total. The summed E-state index contributed by atoms with van der Waals surface area (Å²) in [6.45, 7) is 0. The molecule has 3 aromatic rings. The molecule has 1 amide bonds. The van der Waals surface area contributed by atoms with Crippen LogP contribution in [0.4, 0.5) is 0 Å². The Balaban J connectivity index is 1.58. The number of amidine groups is 1. The third-order valence-corrected chi connectivity index (χ3v) is 6.06. The van der Waals surface area contributed by atoms with Crippen molar-refractivity contribution in [3.05, 3.63) is 101 Å². The molecule has 0 fully saturated rings. The zero-order valence-electron chi connectivity index (χ0n) is 16.9. The Morgan fingerprint density at radius 3 is 2.68 bits per heavy atom. The highest BCUT2D eigenvalue weighted by atomic mass is 32.2. The molecule has 3 aromatic carbocycles. The number of hydrogen-bond acceptors (Lipinski definition) is 6. The Bertz CT molecular complexity index is 1290. The fraction of sp³-hybridized carbons (Fsp3) is 0.125. The van der Waals surface area contributed by atoms with Crippen LogP contribution in [0.1, 0.15) is 17.3 Å². The van der Waals surface area contributed by atoms with E-state index in [0.717, 1.165) is 27.5 Å². The zero-order chi connectivity index (χ0) is 21.2. The van der Waals surface area contributed by atoms with Crippen molar-refractivity contribution in [2.45, 2.75) is 11.9 Å². The molecule has 0 saturated heterocycles.